The zero-order valence-electron chi connectivity index (χ0n) is 17.3. The number of aromatic nitrogens is 2. The van der Waals surface area contributed by atoms with Crippen LogP contribution in [-0.2, 0) is 29.1 Å². The molecule has 0 aliphatic carbocycles. The molecular formula is C24H25N3O4. The number of carbonyl (C=O) groups is 2. The third kappa shape index (κ3) is 4.57. The maximum atomic E-state index is 12.6. The Morgan fingerprint density at radius 2 is 1.61 bits per heavy atom. The number of Topliss-reactive ketones (excluding diaryl/α,β-unsaturated/α-hetero) is 1. The van der Waals surface area contributed by atoms with Gasteiger partial charge >= 0.3 is 0 Å². The van der Waals surface area contributed by atoms with Gasteiger partial charge in [-0.1, -0.05) is 36.4 Å². The summed E-state index contributed by atoms with van der Waals surface area (Å²) in [5.41, 5.74) is 4.78. The summed E-state index contributed by atoms with van der Waals surface area (Å²) < 4.78 is 1.77. The monoisotopic (exact) mass is 419 g/mol. The highest BCUT2D eigenvalue weighted by Crippen LogP contribution is 2.23. The van der Waals surface area contributed by atoms with Gasteiger partial charge in [0.25, 0.3) is 5.91 Å². The number of rotatable bonds is 7. The molecule has 0 unspecified atom stereocenters. The molecule has 160 valence electrons. The largest absolute Gasteiger partial charge is 0.382 e. The number of fused-ring (bicyclic) bond motifs is 1. The fraction of sp³-hybridized carbons (Fsp3) is 0.292. The first-order valence-electron chi connectivity index (χ1n) is 10.3. The van der Waals surface area contributed by atoms with Gasteiger partial charge in [-0.25, -0.2) is 4.68 Å². The summed E-state index contributed by atoms with van der Waals surface area (Å²) in [6.45, 7) is 2.66. The Balaban J connectivity index is 1.30. The number of aliphatic hydroxyl groups is 2. The topological polar surface area (TPSA) is 95.7 Å². The molecule has 0 saturated carbocycles. The van der Waals surface area contributed by atoms with E-state index in [-0.39, 0.29) is 6.42 Å². The molecule has 0 fully saturated rings. The number of nitrogens with zero attached hydrogens (tertiary/aromatic N) is 3. The summed E-state index contributed by atoms with van der Waals surface area (Å²) in [5, 5.41) is 24.9. The van der Waals surface area contributed by atoms with Crippen molar-refractivity contribution < 1.29 is 19.8 Å². The van der Waals surface area contributed by atoms with Crippen LogP contribution in [0.25, 0.3) is 5.69 Å². The van der Waals surface area contributed by atoms with Crippen LogP contribution in [-0.4, -0.2) is 48.8 Å². The molecule has 7 nitrogen and oxygen atoms in total. The number of ketones is 1. The predicted molar refractivity (Wildman–Crippen MR) is 114 cm³/mol. The van der Waals surface area contributed by atoms with Crippen LogP contribution in [0.2, 0.25) is 0 Å². The van der Waals surface area contributed by atoms with Crippen LogP contribution in [0.4, 0.5) is 0 Å². The SMILES string of the molecule is Cc1ccn(-c2ccc(CCC(=O)[C@H](O)[C@@H](O)C(=O)N3Cc4ccccc4C3)cc2)n1. The number of aryl methyl sites for hydroxylation is 2. The highest BCUT2D eigenvalue weighted by Gasteiger charge is 2.35. The molecular weight excluding hydrogens is 394 g/mol. The lowest BCUT2D eigenvalue weighted by atomic mass is 10.0. The van der Waals surface area contributed by atoms with Gasteiger partial charge < -0.3 is 15.1 Å². The van der Waals surface area contributed by atoms with Crippen LogP contribution in [0.3, 0.4) is 0 Å². The minimum atomic E-state index is -1.76. The van der Waals surface area contributed by atoms with E-state index in [4.69, 9.17) is 0 Å². The summed E-state index contributed by atoms with van der Waals surface area (Å²) in [5.74, 6) is -1.18. The van der Waals surface area contributed by atoms with Crippen molar-refractivity contribution in [3.8, 4) is 5.69 Å². The summed E-state index contributed by atoms with van der Waals surface area (Å²) in [4.78, 5) is 26.4. The number of hydrogen-bond acceptors (Lipinski definition) is 5. The molecule has 31 heavy (non-hydrogen) atoms. The Morgan fingerprint density at radius 3 is 2.19 bits per heavy atom. The van der Waals surface area contributed by atoms with Crippen molar-refractivity contribution in [3.63, 3.8) is 0 Å². The van der Waals surface area contributed by atoms with Crippen molar-refractivity contribution in [3.05, 3.63) is 83.2 Å². The molecule has 1 amide bonds. The second kappa shape index (κ2) is 8.83. The van der Waals surface area contributed by atoms with Gasteiger partial charge in [-0.2, -0.15) is 5.10 Å². The van der Waals surface area contributed by atoms with E-state index >= 15 is 0 Å². The quantitative estimate of drug-likeness (QED) is 0.610. The third-order valence-corrected chi connectivity index (χ3v) is 5.62. The Labute approximate surface area is 180 Å². The van der Waals surface area contributed by atoms with Gasteiger partial charge in [-0.05, 0) is 48.2 Å². The molecule has 3 aromatic rings. The standard InChI is InChI=1S/C24H25N3O4/c1-16-12-13-27(25-16)20-9-6-17(7-10-20)8-11-21(28)22(29)23(30)24(31)26-14-18-4-2-3-5-19(18)15-26/h2-7,9-10,12-13,22-23,29-30H,8,11,14-15H2,1H3/t22-,23+/m0/s1. The highest BCUT2D eigenvalue weighted by atomic mass is 16.3. The molecule has 1 aliphatic rings. The second-order valence-corrected chi connectivity index (χ2v) is 7.89. The van der Waals surface area contributed by atoms with E-state index in [1.54, 1.807) is 4.68 Å². The van der Waals surface area contributed by atoms with Gasteiger partial charge in [0.2, 0.25) is 0 Å². The third-order valence-electron chi connectivity index (χ3n) is 5.62. The van der Waals surface area contributed by atoms with Gasteiger partial charge in [0, 0.05) is 25.7 Å². The molecule has 2 aromatic carbocycles. The molecule has 2 atom stereocenters. The van der Waals surface area contributed by atoms with Gasteiger partial charge in [-0.15, -0.1) is 0 Å². The average molecular weight is 419 g/mol. The smallest absolute Gasteiger partial charge is 0.255 e. The second-order valence-electron chi connectivity index (χ2n) is 7.89. The van der Waals surface area contributed by atoms with Crippen LogP contribution in [0.15, 0.2) is 60.8 Å². The summed E-state index contributed by atoms with van der Waals surface area (Å²) in [7, 11) is 0. The van der Waals surface area contributed by atoms with E-state index in [0.29, 0.717) is 19.5 Å². The number of carbonyl (C=O) groups excluding carboxylic acids is 2. The average Bonchev–Trinajstić information content (AvgIpc) is 3.42. The van der Waals surface area contributed by atoms with Crippen LogP contribution in [0.5, 0.6) is 0 Å². The molecule has 0 radical (unpaired) electrons. The van der Waals surface area contributed by atoms with Crippen molar-refractivity contribution in [1.82, 2.24) is 14.7 Å². The molecule has 0 saturated heterocycles. The molecule has 0 spiro atoms. The van der Waals surface area contributed by atoms with Crippen LogP contribution in [0, 0.1) is 6.92 Å². The molecule has 0 bridgehead atoms. The van der Waals surface area contributed by atoms with Crippen molar-refractivity contribution in [2.24, 2.45) is 0 Å². The number of aliphatic hydroxyl groups excluding tert-OH is 2. The zero-order valence-corrected chi connectivity index (χ0v) is 17.3. The van der Waals surface area contributed by atoms with Crippen molar-refractivity contribution in [2.45, 2.75) is 45.1 Å². The first kappa shape index (κ1) is 21.0. The first-order valence-corrected chi connectivity index (χ1v) is 10.3. The van der Waals surface area contributed by atoms with Gasteiger partial charge in [0.15, 0.2) is 11.9 Å². The van der Waals surface area contributed by atoms with E-state index in [9.17, 15) is 19.8 Å². The van der Waals surface area contributed by atoms with E-state index in [0.717, 1.165) is 28.1 Å². The lowest BCUT2D eigenvalue weighted by Crippen LogP contribution is -2.46. The van der Waals surface area contributed by atoms with Crippen LogP contribution >= 0.6 is 0 Å². The maximum absolute atomic E-state index is 12.6. The summed E-state index contributed by atoms with van der Waals surface area (Å²) in [6.07, 6.45) is -1.17. The molecule has 4 rings (SSSR count). The van der Waals surface area contributed by atoms with Gasteiger partial charge in [0.05, 0.1) is 11.4 Å². The molecule has 1 aliphatic heterocycles. The maximum Gasteiger partial charge on any atom is 0.255 e. The first-order chi connectivity index (χ1) is 14.9. The summed E-state index contributed by atoms with van der Waals surface area (Å²) >= 11 is 0. The van der Waals surface area contributed by atoms with Gasteiger partial charge in [-0.3, -0.25) is 9.59 Å². The van der Waals surface area contributed by atoms with E-state index in [1.165, 1.54) is 4.90 Å². The predicted octanol–water partition coefficient (Wildman–Crippen LogP) is 1.95. The fourth-order valence-electron chi connectivity index (χ4n) is 3.78. The molecule has 2 heterocycles. The van der Waals surface area contributed by atoms with Crippen molar-refractivity contribution in [1.29, 1.82) is 0 Å². The van der Waals surface area contributed by atoms with E-state index in [1.807, 2.05) is 67.7 Å². The van der Waals surface area contributed by atoms with Crippen LogP contribution < -0.4 is 0 Å². The summed E-state index contributed by atoms with van der Waals surface area (Å²) in [6, 6.07) is 17.2. The number of amides is 1. The lowest BCUT2D eigenvalue weighted by Gasteiger charge is -2.22. The molecule has 2 N–H and O–H groups in total. The number of hydrogen-bond donors (Lipinski definition) is 2. The number of benzene rings is 2. The Bertz CT molecular complexity index is 1070. The minimum Gasteiger partial charge on any atom is -0.382 e. The molecule has 7 heteroatoms. The minimum absolute atomic E-state index is 0.0337. The van der Waals surface area contributed by atoms with Crippen molar-refractivity contribution in [2.75, 3.05) is 0 Å². The normalized spacial score (nSPS) is 14.9. The Morgan fingerprint density at radius 1 is 0.968 bits per heavy atom. The van der Waals surface area contributed by atoms with Crippen molar-refractivity contribution >= 4 is 11.7 Å². The Hall–Kier alpha value is -3.29. The van der Waals surface area contributed by atoms with E-state index < -0.39 is 23.9 Å². The molecule has 1 aromatic heterocycles. The van der Waals surface area contributed by atoms with Gasteiger partial charge in [0.1, 0.15) is 6.10 Å². The van der Waals surface area contributed by atoms with E-state index in [2.05, 4.69) is 5.10 Å². The lowest BCUT2D eigenvalue weighted by molar-refractivity contribution is -0.152. The fourth-order valence-corrected chi connectivity index (χ4v) is 3.78. The van der Waals surface area contributed by atoms with Crippen LogP contribution in [0.1, 0.15) is 28.8 Å². The zero-order chi connectivity index (χ0) is 22.0. The Kier molecular flexibility index (Phi) is 5.97. The highest BCUT2D eigenvalue weighted by molar-refractivity contribution is 5.92.